The van der Waals surface area contributed by atoms with E-state index in [1.165, 1.54) is 11.0 Å². The summed E-state index contributed by atoms with van der Waals surface area (Å²) in [6.45, 7) is 0. The molecule has 0 spiro atoms. The molecule has 1 heterocycles. The lowest BCUT2D eigenvalue weighted by molar-refractivity contribution is 0.0502. The van der Waals surface area contributed by atoms with Gasteiger partial charge in [0.25, 0.3) is 11.8 Å². The van der Waals surface area contributed by atoms with Gasteiger partial charge in [0.2, 0.25) is 0 Å². The zero-order valence-corrected chi connectivity index (χ0v) is 16.4. The number of ketones is 1. The van der Waals surface area contributed by atoms with E-state index in [1.54, 1.807) is 48.5 Å². The van der Waals surface area contributed by atoms with Gasteiger partial charge in [-0.15, -0.1) is 0 Å². The molecule has 2 aliphatic rings. The van der Waals surface area contributed by atoms with Gasteiger partial charge < -0.3 is 5.11 Å². The van der Waals surface area contributed by atoms with E-state index < -0.39 is 0 Å². The van der Waals surface area contributed by atoms with Gasteiger partial charge >= 0.3 is 0 Å². The summed E-state index contributed by atoms with van der Waals surface area (Å²) in [6, 6.07) is 14.8. The Bertz CT molecular complexity index is 1180. The molecule has 0 atom stereocenters. The molecular weight excluding hydrogens is 378 g/mol. The SMILES string of the molecule is O=C(c1ccccc1O)c1ccc2c3c(cccc13)C(=O)N(C1CCCCC1)C2=O. The maximum absolute atomic E-state index is 13.3. The molecule has 1 saturated carbocycles. The fourth-order valence-corrected chi connectivity index (χ4v) is 4.79. The summed E-state index contributed by atoms with van der Waals surface area (Å²) in [7, 11) is 0. The molecule has 5 nitrogen and oxygen atoms in total. The minimum absolute atomic E-state index is 0.0651. The topological polar surface area (TPSA) is 74.7 Å². The number of phenols is 1. The van der Waals surface area contributed by atoms with Crippen molar-refractivity contribution >= 4 is 28.4 Å². The first-order valence-electron chi connectivity index (χ1n) is 10.3. The van der Waals surface area contributed by atoms with Crippen LogP contribution >= 0.6 is 0 Å². The Hall–Kier alpha value is -3.47. The maximum Gasteiger partial charge on any atom is 0.261 e. The summed E-state index contributed by atoms with van der Waals surface area (Å²) in [5, 5.41) is 11.2. The van der Waals surface area contributed by atoms with E-state index in [4.69, 9.17) is 0 Å². The number of phenolic OH excluding ortho intramolecular Hbond substituents is 1. The predicted octanol–water partition coefficient (Wildman–Crippen LogP) is 4.71. The van der Waals surface area contributed by atoms with Crippen LogP contribution in [0.4, 0.5) is 0 Å². The highest BCUT2D eigenvalue weighted by Gasteiger charge is 2.38. The number of aromatic hydroxyl groups is 1. The normalized spacial score (nSPS) is 16.9. The van der Waals surface area contributed by atoms with Gasteiger partial charge in [-0.3, -0.25) is 19.3 Å². The number of carbonyl (C=O) groups is 3. The Morgan fingerprint density at radius 1 is 0.800 bits per heavy atom. The number of imide groups is 1. The van der Waals surface area contributed by atoms with Crippen molar-refractivity contribution in [3.8, 4) is 5.75 Å². The molecule has 1 aliphatic carbocycles. The third kappa shape index (κ3) is 2.73. The van der Waals surface area contributed by atoms with Crippen LogP contribution in [0.15, 0.2) is 54.6 Å². The van der Waals surface area contributed by atoms with Gasteiger partial charge in [-0.05, 0) is 48.6 Å². The number of carbonyl (C=O) groups excluding carboxylic acids is 3. The van der Waals surface area contributed by atoms with E-state index in [1.807, 2.05) is 0 Å². The zero-order valence-electron chi connectivity index (χ0n) is 16.4. The summed E-state index contributed by atoms with van der Waals surface area (Å²) >= 11 is 0. The Labute approximate surface area is 173 Å². The first kappa shape index (κ1) is 18.6. The standard InChI is InChI=1S/C25H21NO4/c27-21-12-5-4-9-18(21)23(28)17-13-14-20-22-16(17)10-6-11-19(22)24(29)26(25(20)30)15-7-2-1-3-8-15/h4-6,9-15,27H,1-3,7-8H2. The van der Waals surface area contributed by atoms with Crippen LogP contribution < -0.4 is 0 Å². The molecule has 30 heavy (non-hydrogen) atoms. The number of hydrogen-bond donors (Lipinski definition) is 1. The predicted molar refractivity (Wildman–Crippen MR) is 113 cm³/mol. The van der Waals surface area contributed by atoms with Crippen LogP contribution in [-0.4, -0.2) is 33.6 Å². The molecule has 3 aromatic carbocycles. The van der Waals surface area contributed by atoms with Gasteiger partial charge in [-0.25, -0.2) is 0 Å². The maximum atomic E-state index is 13.3. The summed E-state index contributed by atoms with van der Waals surface area (Å²) in [6.07, 6.45) is 4.86. The molecule has 0 unspecified atom stereocenters. The molecule has 2 amide bonds. The molecule has 1 aliphatic heterocycles. The van der Waals surface area contributed by atoms with Gasteiger partial charge in [-0.1, -0.05) is 43.5 Å². The van der Waals surface area contributed by atoms with E-state index >= 15 is 0 Å². The van der Waals surface area contributed by atoms with Crippen molar-refractivity contribution in [1.82, 2.24) is 4.90 Å². The van der Waals surface area contributed by atoms with E-state index in [0.717, 1.165) is 32.1 Å². The lowest BCUT2D eigenvalue weighted by atomic mass is 9.86. The van der Waals surface area contributed by atoms with Crippen molar-refractivity contribution in [3.63, 3.8) is 0 Å². The quantitative estimate of drug-likeness (QED) is 0.511. The van der Waals surface area contributed by atoms with Crippen LogP contribution in [0.25, 0.3) is 10.8 Å². The van der Waals surface area contributed by atoms with Gasteiger partial charge in [0.15, 0.2) is 5.78 Å². The van der Waals surface area contributed by atoms with Gasteiger partial charge in [-0.2, -0.15) is 0 Å². The Balaban J connectivity index is 1.66. The van der Waals surface area contributed by atoms with Crippen molar-refractivity contribution in [2.45, 2.75) is 38.1 Å². The Morgan fingerprint density at radius 2 is 1.50 bits per heavy atom. The molecule has 0 saturated heterocycles. The summed E-state index contributed by atoms with van der Waals surface area (Å²) in [5.74, 6) is -1.00. The third-order valence-corrected chi connectivity index (χ3v) is 6.27. The highest BCUT2D eigenvalue weighted by Crippen LogP contribution is 2.36. The summed E-state index contributed by atoms with van der Waals surface area (Å²) < 4.78 is 0. The third-order valence-electron chi connectivity index (χ3n) is 6.27. The smallest absolute Gasteiger partial charge is 0.261 e. The van der Waals surface area contributed by atoms with Crippen LogP contribution in [-0.2, 0) is 0 Å². The van der Waals surface area contributed by atoms with Crippen molar-refractivity contribution in [2.24, 2.45) is 0 Å². The zero-order chi connectivity index (χ0) is 20.8. The van der Waals surface area contributed by atoms with E-state index in [0.29, 0.717) is 27.5 Å². The molecule has 3 aromatic rings. The molecule has 5 rings (SSSR count). The lowest BCUT2D eigenvalue weighted by Gasteiger charge is -2.36. The van der Waals surface area contributed by atoms with E-state index in [-0.39, 0.29) is 35.0 Å². The average Bonchev–Trinajstić information content (AvgIpc) is 2.78. The number of benzene rings is 3. The van der Waals surface area contributed by atoms with Crippen LogP contribution in [0.2, 0.25) is 0 Å². The van der Waals surface area contributed by atoms with Crippen LogP contribution in [0.1, 0.15) is 68.7 Å². The van der Waals surface area contributed by atoms with E-state index in [2.05, 4.69) is 0 Å². The van der Waals surface area contributed by atoms with Crippen molar-refractivity contribution in [3.05, 3.63) is 76.9 Å². The van der Waals surface area contributed by atoms with Crippen molar-refractivity contribution in [1.29, 1.82) is 0 Å². The minimum atomic E-state index is -0.341. The van der Waals surface area contributed by atoms with Gasteiger partial charge in [0.05, 0.1) is 5.56 Å². The monoisotopic (exact) mass is 399 g/mol. The van der Waals surface area contributed by atoms with Crippen molar-refractivity contribution in [2.75, 3.05) is 0 Å². The second kappa shape index (κ2) is 7.10. The largest absolute Gasteiger partial charge is 0.507 e. The molecule has 150 valence electrons. The molecule has 5 heteroatoms. The number of para-hydroxylation sites is 1. The molecule has 0 radical (unpaired) electrons. The van der Waals surface area contributed by atoms with E-state index in [9.17, 15) is 19.5 Å². The first-order valence-corrected chi connectivity index (χ1v) is 10.3. The van der Waals surface area contributed by atoms with Crippen LogP contribution in [0.3, 0.4) is 0 Å². The fraction of sp³-hybridized carbons (Fsp3) is 0.240. The van der Waals surface area contributed by atoms with Gasteiger partial charge in [0.1, 0.15) is 5.75 Å². The lowest BCUT2D eigenvalue weighted by Crippen LogP contribution is -2.47. The number of amides is 2. The average molecular weight is 399 g/mol. The molecule has 0 aromatic heterocycles. The molecule has 1 N–H and O–H groups in total. The Kier molecular flexibility index (Phi) is 4.39. The highest BCUT2D eigenvalue weighted by molar-refractivity contribution is 6.29. The summed E-state index contributed by atoms with van der Waals surface area (Å²) in [4.78, 5) is 41.2. The van der Waals surface area contributed by atoms with Crippen molar-refractivity contribution < 1.29 is 19.5 Å². The molecular formula is C25H21NO4. The molecule has 1 fully saturated rings. The second-order valence-corrected chi connectivity index (χ2v) is 8.01. The number of hydrogen-bond acceptors (Lipinski definition) is 4. The number of rotatable bonds is 3. The highest BCUT2D eigenvalue weighted by atomic mass is 16.3. The van der Waals surface area contributed by atoms with Crippen LogP contribution in [0, 0.1) is 0 Å². The van der Waals surface area contributed by atoms with Gasteiger partial charge in [0, 0.05) is 28.1 Å². The first-order chi connectivity index (χ1) is 14.6. The Morgan fingerprint density at radius 3 is 2.23 bits per heavy atom. The van der Waals surface area contributed by atoms with Crippen LogP contribution in [0.5, 0.6) is 5.75 Å². The second-order valence-electron chi connectivity index (χ2n) is 8.01. The summed E-state index contributed by atoms with van der Waals surface area (Å²) in [5.41, 5.74) is 1.47. The number of nitrogens with zero attached hydrogens (tertiary/aromatic N) is 1. The minimum Gasteiger partial charge on any atom is -0.507 e. The fourth-order valence-electron chi connectivity index (χ4n) is 4.79. The molecule has 0 bridgehead atoms.